The Morgan fingerprint density at radius 3 is 2.89 bits per heavy atom. The number of benzene rings is 1. The largest absolute Gasteiger partial charge is 0.494 e. The van der Waals surface area contributed by atoms with E-state index in [2.05, 4.69) is 4.98 Å². The van der Waals surface area contributed by atoms with Gasteiger partial charge in [0, 0.05) is 11.1 Å². The molecule has 4 nitrogen and oxygen atoms in total. The molecule has 5 heteroatoms. The molecule has 0 fully saturated rings. The molecule has 0 saturated carbocycles. The molecule has 1 aromatic carbocycles. The lowest BCUT2D eigenvalue weighted by Crippen LogP contribution is -1.95. The van der Waals surface area contributed by atoms with Crippen LogP contribution in [-0.2, 0) is 0 Å². The van der Waals surface area contributed by atoms with Crippen LogP contribution < -0.4 is 4.74 Å². The summed E-state index contributed by atoms with van der Waals surface area (Å²) >= 11 is 1.37. The molecule has 0 radical (unpaired) electrons. The van der Waals surface area contributed by atoms with Crippen molar-refractivity contribution in [3.05, 3.63) is 48.2 Å². The lowest BCUT2D eigenvalue weighted by atomic mass is 10.2. The maximum absolute atomic E-state index is 10.9. The number of ether oxygens (including phenoxy) is 1. The number of aromatic carboxylic acids is 1. The number of carboxylic acids is 1. The van der Waals surface area contributed by atoms with Crippen molar-refractivity contribution in [2.24, 2.45) is 0 Å². The minimum Gasteiger partial charge on any atom is -0.494 e. The van der Waals surface area contributed by atoms with E-state index in [9.17, 15) is 4.79 Å². The van der Waals surface area contributed by atoms with Crippen LogP contribution in [0.3, 0.4) is 0 Å². The van der Waals surface area contributed by atoms with E-state index in [0.717, 1.165) is 4.90 Å². The van der Waals surface area contributed by atoms with Gasteiger partial charge in [-0.15, -0.1) is 0 Å². The maximum atomic E-state index is 10.9. The highest BCUT2D eigenvalue weighted by atomic mass is 32.2. The van der Waals surface area contributed by atoms with Crippen LogP contribution in [-0.4, -0.2) is 23.2 Å². The third kappa shape index (κ3) is 2.81. The van der Waals surface area contributed by atoms with E-state index in [1.807, 2.05) is 12.1 Å². The van der Waals surface area contributed by atoms with Gasteiger partial charge in [-0.2, -0.15) is 0 Å². The summed E-state index contributed by atoms with van der Waals surface area (Å²) in [5, 5.41) is 9.64. The number of pyridine rings is 1. The van der Waals surface area contributed by atoms with Gasteiger partial charge in [0.15, 0.2) is 5.75 Å². The van der Waals surface area contributed by atoms with Crippen LogP contribution in [0, 0.1) is 0 Å². The highest BCUT2D eigenvalue weighted by Crippen LogP contribution is 2.32. The minimum atomic E-state index is -0.939. The van der Waals surface area contributed by atoms with E-state index in [-0.39, 0.29) is 5.56 Å². The SMILES string of the molecule is COc1cccnc1Sc1cccc(C(=O)O)c1. The molecule has 2 rings (SSSR count). The van der Waals surface area contributed by atoms with E-state index >= 15 is 0 Å². The molecule has 0 amide bonds. The van der Waals surface area contributed by atoms with Crippen molar-refractivity contribution >= 4 is 17.7 Å². The Kier molecular flexibility index (Phi) is 3.84. The van der Waals surface area contributed by atoms with E-state index in [0.29, 0.717) is 10.8 Å². The zero-order valence-corrected chi connectivity index (χ0v) is 10.5. The van der Waals surface area contributed by atoms with Gasteiger partial charge in [-0.1, -0.05) is 17.8 Å². The fourth-order valence-electron chi connectivity index (χ4n) is 1.41. The van der Waals surface area contributed by atoms with Crippen LogP contribution in [0.2, 0.25) is 0 Å². The van der Waals surface area contributed by atoms with Crippen LogP contribution in [0.1, 0.15) is 10.4 Å². The number of rotatable bonds is 4. The van der Waals surface area contributed by atoms with Gasteiger partial charge in [0.25, 0.3) is 0 Å². The van der Waals surface area contributed by atoms with Crippen molar-refractivity contribution in [2.45, 2.75) is 9.92 Å². The quantitative estimate of drug-likeness (QED) is 0.917. The summed E-state index contributed by atoms with van der Waals surface area (Å²) in [4.78, 5) is 15.9. The molecule has 0 bridgehead atoms. The molecule has 0 aliphatic heterocycles. The summed E-state index contributed by atoms with van der Waals surface area (Å²) in [5.41, 5.74) is 0.259. The molecule has 0 saturated heterocycles. The molecule has 1 heterocycles. The zero-order valence-electron chi connectivity index (χ0n) is 9.66. The maximum Gasteiger partial charge on any atom is 0.335 e. The molecule has 0 spiro atoms. The van der Waals surface area contributed by atoms with Gasteiger partial charge in [0.05, 0.1) is 12.7 Å². The van der Waals surface area contributed by atoms with Crippen molar-refractivity contribution in [3.8, 4) is 5.75 Å². The van der Waals surface area contributed by atoms with Crippen LogP contribution >= 0.6 is 11.8 Å². The second-order valence-electron chi connectivity index (χ2n) is 3.45. The lowest BCUT2D eigenvalue weighted by molar-refractivity contribution is 0.0696. The molecular formula is C13H11NO3S. The first kappa shape index (κ1) is 12.4. The second kappa shape index (κ2) is 5.55. The van der Waals surface area contributed by atoms with E-state index < -0.39 is 5.97 Å². The van der Waals surface area contributed by atoms with E-state index in [4.69, 9.17) is 9.84 Å². The number of methoxy groups -OCH3 is 1. The highest BCUT2D eigenvalue weighted by molar-refractivity contribution is 7.99. The molecule has 0 aliphatic rings. The number of aromatic nitrogens is 1. The Balaban J connectivity index is 2.28. The molecule has 0 aliphatic carbocycles. The summed E-state index contributed by atoms with van der Waals surface area (Å²) in [6.07, 6.45) is 1.67. The molecule has 1 aromatic heterocycles. The van der Waals surface area contributed by atoms with E-state index in [1.54, 1.807) is 37.6 Å². The van der Waals surface area contributed by atoms with E-state index in [1.165, 1.54) is 11.8 Å². The normalized spacial score (nSPS) is 10.1. The van der Waals surface area contributed by atoms with Crippen molar-refractivity contribution < 1.29 is 14.6 Å². The van der Waals surface area contributed by atoms with Gasteiger partial charge in [-0.25, -0.2) is 9.78 Å². The van der Waals surface area contributed by atoms with Gasteiger partial charge >= 0.3 is 5.97 Å². The predicted molar refractivity (Wildman–Crippen MR) is 68.3 cm³/mol. The number of carboxylic acid groups (broad SMARTS) is 1. The van der Waals surface area contributed by atoms with Crippen molar-refractivity contribution in [1.82, 2.24) is 4.98 Å². The van der Waals surface area contributed by atoms with Crippen molar-refractivity contribution in [1.29, 1.82) is 0 Å². The van der Waals surface area contributed by atoms with Gasteiger partial charge in [0.2, 0.25) is 0 Å². The second-order valence-corrected chi connectivity index (χ2v) is 4.51. The van der Waals surface area contributed by atoms with Crippen LogP contribution in [0.4, 0.5) is 0 Å². The minimum absolute atomic E-state index is 0.259. The standard InChI is InChI=1S/C13H11NO3S/c1-17-11-6-3-7-14-12(11)18-10-5-2-4-9(8-10)13(15)16/h2-8H,1H3,(H,15,16). The van der Waals surface area contributed by atoms with Crippen LogP contribution in [0.5, 0.6) is 5.75 Å². The smallest absolute Gasteiger partial charge is 0.335 e. The number of hydrogen-bond acceptors (Lipinski definition) is 4. The molecular weight excluding hydrogens is 250 g/mol. The average molecular weight is 261 g/mol. The highest BCUT2D eigenvalue weighted by Gasteiger charge is 2.08. The predicted octanol–water partition coefficient (Wildman–Crippen LogP) is 2.94. The fraction of sp³-hybridized carbons (Fsp3) is 0.0769. The summed E-state index contributed by atoms with van der Waals surface area (Å²) in [6, 6.07) is 10.3. The third-order valence-electron chi connectivity index (χ3n) is 2.25. The molecule has 18 heavy (non-hydrogen) atoms. The van der Waals surface area contributed by atoms with Crippen LogP contribution in [0.15, 0.2) is 52.5 Å². The first-order valence-corrected chi connectivity index (χ1v) is 6.02. The Labute approximate surface area is 109 Å². The molecule has 0 atom stereocenters. The Bertz CT molecular complexity index is 572. The Morgan fingerprint density at radius 2 is 2.17 bits per heavy atom. The monoisotopic (exact) mass is 261 g/mol. The third-order valence-corrected chi connectivity index (χ3v) is 3.24. The molecule has 0 unspecified atom stereocenters. The van der Waals surface area contributed by atoms with Gasteiger partial charge in [-0.05, 0) is 30.3 Å². The van der Waals surface area contributed by atoms with Crippen LogP contribution in [0.25, 0.3) is 0 Å². The molecule has 1 N–H and O–H groups in total. The fourth-order valence-corrected chi connectivity index (χ4v) is 2.33. The number of carbonyl (C=O) groups is 1. The summed E-state index contributed by atoms with van der Waals surface area (Å²) in [5.74, 6) is -0.270. The number of hydrogen-bond donors (Lipinski definition) is 1. The average Bonchev–Trinajstić information content (AvgIpc) is 2.39. The topological polar surface area (TPSA) is 59.4 Å². The van der Waals surface area contributed by atoms with Crippen molar-refractivity contribution in [3.63, 3.8) is 0 Å². The van der Waals surface area contributed by atoms with Crippen molar-refractivity contribution in [2.75, 3.05) is 7.11 Å². The molecule has 2 aromatic rings. The first-order valence-electron chi connectivity index (χ1n) is 5.21. The molecule has 92 valence electrons. The summed E-state index contributed by atoms with van der Waals surface area (Å²) in [6.45, 7) is 0. The summed E-state index contributed by atoms with van der Waals surface area (Å²) < 4.78 is 5.20. The number of nitrogens with zero attached hydrogens (tertiary/aromatic N) is 1. The van der Waals surface area contributed by atoms with Gasteiger partial charge in [-0.3, -0.25) is 0 Å². The Morgan fingerprint density at radius 1 is 1.33 bits per heavy atom. The van der Waals surface area contributed by atoms with Gasteiger partial charge < -0.3 is 9.84 Å². The van der Waals surface area contributed by atoms with Gasteiger partial charge in [0.1, 0.15) is 5.03 Å². The Hall–Kier alpha value is -2.01. The first-order chi connectivity index (χ1) is 8.70. The lowest BCUT2D eigenvalue weighted by Gasteiger charge is -2.06. The zero-order chi connectivity index (χ0) is 13.0. The summed E-state index contributed by atoms with van der Waals surface area (Å²) in [7, 11) is 1.58.